The molecule has 106 valence electrons. The van der Waals surface area contributed by atoms with Gasteiger partial charge in [-0.25, -0.2) is 13.2 Å². The van der Waals surface area contributed by atoms with Crippen molar-refractivity contribution in [1.82, 2.24) is 10.2 Å². The van der Waals surface area contributed by atoms with Crippen molar-refractivity contribution in [3.63, 3.8) is 0 Å². The third-order valence-electron chi connectivity index (χ3n) is 2.35. The summed E-state index contributed by atoms with van der Waals surface area (Å²) in [6.45, 7) is 1.49. The van der Waals surface area contributed by atoms with Gasteiger partial charge in [0.1, 0.15) is 0 Å². The highest BCUT2D eigenvalue weighted by Crippen LogP contribution is 2.19. The van der Waals surface area contributed by atoms with Crippen molar-refractivity contribution in [1.29, 1.82) is 0 Å². The third-order valence-corrected chi connectivity index (χ3v) is 2.60. The van der Waals surface area contributed by atoms with Crippen LogP contribution in [0.4, 0.5) is 18.9 Å². The van der Waals surface area contributed by atoms with E-state index in [1.165, 1.54) is 0 Å². The number of nitrogens with zero attached hydrogens (tertiary/aromatic N) is 1. The zero-order chi connectivity index (χ0) is 14.4. The van der Waals surface area contributed by atoms with Crippen molar-refractivity contribution >= 4 is 23.0 Å². The summed E-state index contributed by atoms with van der Waals surface area (Å²) in [7, 11) is 3.90. The molecular weight excluding hydrogens is 275 g/mol. The number of rotatable bonds is 5. The molecule has 0 atom stereocenters. The first-order valence-electron chi connectivity index (χ1n) is 5.75. The van der Waals surface area contributed by atoms with Crippen LogP contribution in [0.1, 0.15) is 6.42 Å². The van der Waals surface area contributed by atoms with Crippen molar-refractivity contribution in [2.24, 2.45) is 0 Å². The predicted octanol–water partition coefficient (Wildman–Crippen LogP) is 2.34. The first kappa shape index (κ1) is 15.7. The second-order valence-electron chi connectivity index (χ2n) is 4.26. The molecule has 0 bridgehead atoms. The normalized spacial score (nSPS) is 10.6. The van der Waals surface area contributed by atoms with E-state index in [1.54, 1.807) is 0 Å². The lowest BCUT2D eigenvalue weighted by molar-refractivity contribution is 0.400. The topological polar surface area (TPSA) is 27.3 Å². The molecule has 0 aliphatic heterocycles. The summed E-state index contributed by atoms with van der Waals surface area (Å²) in [5.74, 6) is -4.02. The Labute approximate surface area is 115 Å². The molecule has 0 saturated heterocycles. The van der Waals surface area contributed by atoms with Crippen LogP contribution in [0.25, 0.3) is 0 Å². The van der Waals surface area contributed by atoms with Crippen molar-refractivity contribution < 1.29 is 13.2 Å². The summed E-state index contributed by atoms with van der Waals surface area (Å²) in [5, 5.41) is 5.52. The summed E-state index contributed by atoms with van der Waals surface area (Å²) < 4.78 is 39.0. The average molecular weight is 291 g/mol. The largest absolute Gasteiger partial charge is 0.362 e. The van der Waals surface area contributed by atoms with Gasteiger partial charge < -0.3 is 15.5 Å². The Bertz CT molecular complexity index is 452. The van der Waals surface area contributed by atoms with Gasteiger partial charge in [0, 0.05) is 6.54 Å². The molecule has 0 aromatic heterocycles. The van der Waals surface area contributed by atoms with Crippen LogP contribution < -0.4 is 10.6 Å². The van der Waals surface area contributed by atoms with Crippen molar-refractivity contribution in [3.8, 4) is 0 Å². The lowest BCUT2D eigenvalue weighted by Gasteiger charge is -2.13. The zero-order valence-corrected chi connectivity index (χ0v) is 11.6. The molecule has 0 fully saturated rings. The smallest absolute Gasteiger partial charge is 0.196 e. The maximum atomic E-state index is 13.3. The lowest BCUT2D eigenvalue weighted by Crippen LogP contribution is -2.31. The molecule has 19 heavy (non-hydrogen) atoms. The highest BCUT2D eigenvalue weighted by atomic mass is 32.1. The van der Waals surface area contributed by atoms with Crippen LogP contribution in [0.2, 0.25) is 0 Å². The second kappa shape index (κ2) is 7.30. The number of nitrogens with one attached hydrogen (secondary N) is 2. The fraction of sp³-hybridized carbons (Fsp3) is 0.417. The van der Waals surface area contributed by atoms with E-state index < -0.39 is 17.5 Å². The van der Waals surface area contributed by atoms with Gasteiger partial charge in [-0.1, -0.05) is 0 Å². The van der Waals surface area contributed by atoms with Gasteiger partial charge in [0.2, 0.25) is 0 Å². The minimum Gasteiger partial charge on any atom is -0.362 e. The maximum absolute atomic E-state index is 13.3. The van der Waals surface area contributed by atoms with Gasteiger partial charge in [0.25, 0.3) is 0 Å². The molecule has 1 rings (SSSR count). The van der Waals surface area contributed by atoms with Crippen LogP contribution >= 0.6 is 12.2 Å². The SMILES string of the molecule is CN(C)CCCNC(=S)Nc1ccc(F)c(F)c1F. The molecule has 7 heteroatoms. The summed E-state index contributed by atoms with van der Waals surface area (Å²) in [6.07, 6.45) is 0.856. The Morgan fingerprint density at radius 2 is 1.89 bits per heavy atom. The number of thiocarbonyl (C=S) groups is 1. The first-order valence-corrected chi connectivity index (χ1v) is 6.15. The lowest BCUT2D eigenvalue weighted by atomic mass is 10.3. The van der Waals surface area contributed by atoms with E-state index in [2.05, 4.69) is 10.6 Å². The van der Waals surface area contributed by atoms with E-state index in [0.717, 1.165) is 25.1 Å². The molecule has 1 aromatic rings. The minimum atomic E-state index is -1.51. The number of benzene rings is 1. The van der Waals surface area contributed by atoms with Crippen LogP contribution in [0.15, 0.2) is 12.1 Å². The van der Waals surface area contributed by atoms with E-state index in [-0.39, 0.29) is 10.8 Å². The molecule has 0 spiro atoms. The van der Waals surface area contributed by atoms with Crippen LogP contribution in [-0.2, 0) is 0 Å². The Hall–Kier alpha value is -1.34. The van der Waals surface area contributed by atoms with Crippen LogP contribution in [0.3, 0.4) is 0 Å². The molecule has 3 nitrogen and oxygen atoms in total. The fourth-order valence-corrected chi connectivity index (χ4v) is 1.60. The molecular formula is C12H16F3N3S. The Kier molecular flexibility index (Phi) is 6.04. The van der Waals surface area contributed by atoms with Gasteiger partial charge >= 0.3 is 0 Å². The number of hydrogen-bond donors (Lipinski definition) is 2. The van der Waals surface area contributed by atoms with E-state index in [4.69, 9.17) is 12.2 Å². The standard InChI is InChI=1S/C12H16F3N3S/c1-18(2)7-3-6-16-12(19)17-9-5-4-8(13)10(14)11(9)15/h4-5H,3,6-7H2,1-2H3,(H2,16,17,19). The maximum Gasteiger partial charge on any atom is 0.196 e. The predicted molar refractivity (Wildman–Crippen MR) is 73.7 cm³/mol. The highest BCUT2D eigenvalue weighted by Gasteiger charge is 2.13. The average Bonchev–Trinajstić information content (AvgIpc) is 2.35. The molecule has 0 heterocycles. The van der Waals surface area contributed by atoms with Gasteiger partial charge in [0.15, 0.2) is 22.6 Å². The minimum absolute atomic E-state index is 0.170. The summed E-state index contributed by atoms with van der Waals surface area (Å²) in [5.41, 5.74) is -0.191. The molecule has 0 saturated carbocycles. The van der Waals surface area contributed by atoms with Crippen LogP contribution in [0, 0.1) is 17.5 Å². The Morgan fingerprint density at radius 1 is 1.21 bits per heavy atom. The molecule has 2 N–H and O–H groups in total. The molecule has 0 aliphatic rings. The zero-order valence-electron chi connectivity index (χ0n) is 10.8. The van der Waals surface area contributed by atoms with Crippen molar-refractivity contribution in [2.45, 2.75) is 6.42 Å². The number of halogens is 3. The van der Waals surface area contributed by atoms with E-state index in [1.807, 2.05) is 19.0 Å². The van der Waals surface area contributed by atoms with Gasteiger partial charge in [0.05, 0.1) is 5.69 Å². The number of anilines is 1. The number of hydrogen-bond acceptors (Lipinski definition) is 2. The third kappa shape index (κ3) is 5.04. The van der Waals surface area contributed by atoms with E-state index in [0.29, 0.717) is 6.54 Å². The quantitative estimate of drug-likeness (QED) is 0.495. The van der Waals surface area contributed by atoms with Gasteiger partial charge in [-0.2, -0.15) is 0 Å². The van der Waals surface area contributed by atoms with Crippen LogP contribution in [-0.4, -0.2) is 37.2 Å². The van der Waals surface area contributed by atoms with Gasteiger partial charge in [-0.15, -0.1) is 0 Å². The second-order valence-corrected chi connectivity index (χ2v) is 4.67. The molecule has 1 aromatic carbocycles. The molecule has 0 radical (unpaired) electrons. The van der Waals surface area contributed by atoms with Crippen molar-refractivity contribution in [2.75, 3.05) is 32.5 Å². The molecule has 0 amide bonds. The molecule has 0 aliphatic carbocycles. The monoisotopic (exact) mass is 291 g/mol. The molecule has 0 unspecified atom stereocenters. The first-order chi connectivity index (χ1) is 8.91. The van der Waals surface area contributed by atoms with E-state index >= 15 is 0 Å². The summed E-state index contributed by atoms with van der Waals surface area (Å²) in [4.78, 5) is 2.02. The van der Waals surface area contributed by atoms with E-state index in [9.17, 15) is 13.2 Å². The van der Waals surface area contributed by atoms with Crippen LogP contribution in [0.5, 0.6) is 0 Å². The Morgan fingerprint density at radius 3 is 2.53 bits per heavy atom. The van der Waals surface area contributed by atoms with Gasteiger partial charge in [-0.3, -0.25) is 0 Å². The van der Waals surface area contributed by atoms with Gasteiger partial charge in [-0.05, 0) is 51.4 Å². The highest BCUT2D eigenvalue weighted by molar-refractivity contribution is 7.80. The Balaban J connectivity index is 2.47. The summed E-state index contributed by atoms with van der Waals surface area (Å²) >= 11 is 4.93. The van der Waals surface area contributed by atoms with Crippen molar-refractivity contribution in [3.05, 3.63) is 29.6 Å². The summed E-state index contributed by atoms with van der Waals surface area (Å²) in [6, 6.07) is 1.94. The fourth-order valence-electron chi connectivity index (χ4n) is 1.39.